The second-order valence-corrected chi connectivity index (χ2v) is 28.3. The van der Waals surface area contributed by atoms with Gasteiger partial charge in [0.25, 0.3) is 0 Å². The summed E-state index contributed by atoms with van der Waals surface area (Å²) in [7, 11) is -3.57. The van der Waals surface area contributed by atoms with E-state index in [9.17, 15) is 0 Å². The molecule has 0 bridgehead atoms. The summed E-state index contributed by atoms with van der Waals surface area (Å²) in [5, 5.41) is 0. The van der Waals surface area contributed by atoms with Crippen molar-refractivity contribution in [1.82, 2.24) is 0 Å². The highest BCUT2D eigenvalue weighted by Gasteiger charge is 2.44. The summed E-state index contributed by atoms with van der Waals surface area (Å²) in [6, 6.07) is 4.78. The smallest absolute Gasteiger partial charge is 0.311 e. The zero-order chi connectivity index (χ0) is 17.4. The van der Waals surface area contributed by atoms with E-state index in [1.54, 1.807) is 0 Å². The van der Waals surface area contributed by atoms with Gasteiger partial charge < -0.3 is 12.3 Å². The van der Waals surface area contributed by atoms with Crippen molar-refractivity contribution in [2.45, 2.75) is 84.6 Å². The molecule has 0 aromatic rings. The van der Waals surface area contributed by atoms with Crippen LogP contribution in [0.1, 0.15) is 27.7 Å². The maximum atomic E-state index is 6.78. The molecule has 9 heteroatoms. The molecule has 0 fully saturated rings. The van der Waals surface area contributed by atoms with Gasteiger partial charge in [-0.1, -0.05) is 27.7 Å². The quantitative estimate of drug-likeness (QED) is 0.404. The van der Waals surface area contributed by atoms with E-state index in [0.29, 0.717) is 9.76 Å². The first-order chi connectivity index (χ1) is 10.1. The Morgan fingerprint density at radius 2 is 1.45 bits per heavy atom. The zero-order valence-electron chi connectivity index (χ0n) is 16.0. The lowest BCUT2D eigenvalue weighted by molar-refractivity contribution is 0.419. The lowest BCUT2D eigenvalue weighted by Crippen LogP contribution is -2.51. The van der Waals surface area contributed by atoms with Gasteiger partial charge in [-0.3, -0.25) is 0 Å². The monoisotopic (exact) mass is 411 g/mol. The Hall–Kier alpha value is 1.31. The van der Waals surface area contributed by atoms with Gasteiger partial charge in [-0.2, -0.15) is 10.7 Å². The van der Waals surface area contributed by atoms with E-state index in [1.807, 2.05) is 0 Å². The molecule has 22 heavy (non-hydrogen) atoms. The molecule has 131 valence electrons. The summed E-state index contributed by atoms with van der Waals surface area (Å²) in [6.07, 6.45) is 0. The molecule has 0 rings (SSSR count). The summed E-state index contributed by atoms with van der Waals surface area (Å²) < 4.78 is 19.3. The van der Waals surface area contributed by atoms with E-state index >= 15 is 0 Å². The number of hydrogen-bond donors (Lipinski definition) is 0. The Bertz CT molecular complexity index is 310. The molecule has 0 spiro atoms. The molecular weight excluding hydrogens is 377 g/mol. The van der Waals surface area contributed by atoms with Gasteiger partial charge in [0.15, 0.2) is 9.04 Å². The highest BCUT2D eigenvalue weighted by molar-refractivity contribution is 8.49. The second kappa shape index (κ2) is 10.3. The van der Waals surface area contributed by atoms with Crippen LogP contribution in [0.5, 0.6) is 0 Å². The van der Waals surface area contributed by atoms with Crippen molar-refractivity contribution in [2.24, 2.45) is 0 Å². The van der Waals surface area contributed by atoms with Crippen LogP contribution in [0.15, 0.2) is 0 Å². The molecule has 3 radical (unpaired) electrons. The third-order valence-corrected chi connectivity index (χ3v) is 31.0. The van der Waals surface area contributed by atoms with Crippen molar-refractivity contribution in [3.8, 4) is 0 Å². The first kappa shape index (κ1) is 23.3. The molecular formula is C13H35O3SSi5. The van der Waals surface area contributed by atoms with Crippen LogP contribution in [0, 0.1) is 0 Å². The maximum Gasteiger partial charge on any atom is 0.311 e. The van der Waals surface area contributed by atoms with Crippen molar-refractivity contribution in [2.75, 3.05) is 0 Å². The minimum Gasteiger partial charge on any atom is -0.448 e. The third-order valence-electron chi connectivity index (χ3n) is 3.47. The van der Waals surface area contributed by atoms with Crippen molar-refractivity contribution < 1.29 is 12.3 Å². The van der Waals surface area contributed by atoms with E-state index in [4.69, 9.17) is 12.3 Å². The van der Waals surface area contributed by atoms with E-state index in [2.05, 4.69) is 71.1 Å². The average Bonchev–Trinajstić information content (AvgIpc) is 2.41. The molecule has 0 saturated carbocycles. The fraction of sp³-hybridized carbons (Fsp3) is 1.00. The van der Waals surface area contributed by atoms with E-state index in [1.165, 1.54) is 24.2 Å². The molecule has 0 aliphatic heterocycles. The van der Waals surface area contributed by atoms with Crippen LogP contribution in [0.25, 0.3) is 0 Å². The topological polar surface area (TPSA) is 27.7 Å². The average molecular weight is 412 g/mol. The highest BCUT2D eigenvalue weighted by atomic mass is 32.5. The Kier molecular flexibility index (Phi) is 11.0. The molecule has 3 nitrogen and oxygen atoms in total. The largest absolute Gasteiger partial charge is 0.448 e. The second-order valence-electron chi connectivity index (χ2n) is 6.28. The highest BCUT2D eigenvalue weighted by Crippen LogP contribution is 2.40. The summed E-state index contributed by atoms with van der Waals surface area (Å²) in [5.74, 6) is 0. The molecule has 0 aliphatic rings. The third kappa shape index (κ3) is 8.42. The van der Waals surface area contributed by atoms with Crippen molar-refractivity contribution in [3.05, 3.63) is 0 Å². The standard InChI is InChI=1S/C13H35O3SSi5/c1-10-19(11-2)15-22(12-3,13-4)17-21(8,9)16-20(6,7)14-18-5/h10-13H2,1-9H3. The van der Waals surface area contributed by atoms with Crippen LogP contribution in [0.3, 0.4) is 0 Å². The van der Waals surface area contributed by atoms with Crippen LogP contribution >= 0.6 is 10.7 Å². The molecule has 0 amide bonds. The van der Waals surface area contributed by atoms with Crippen molar-refractivity contribution in [3.63, 3.8) is 0 Å². The fourth-order valence-electron chi connectivity index (χ4n) is 2.54. The van der Waals surface area contributed by atoms with E-state index in [0.717, 1.165) is 0 Å². The van der Waals surface area contributed by atoms with Gasteiger partial charge in [-0.15, -0.1) is 0 Å². The van der Waals surface area contributed by atoms with Crippen LogP contribution in [0.4, 0.5) is 0 Å². The number of hydrogen-bond acceptors (Lipinski definition) is 4. The Morgan fingerprint density at radius 1 is 0.955 bits per heavy atom. The minimum atomic E-state index is -1.99. The van der Waals surface area contributed by atoms with Crippen LogP contribution in [0.2, 0.25) is 56.9 Å². The maximum absolute atomic E-state index is 6.78. The predicted octanol–water partition coefficient (Wildman–Crippen LogP) is 5.35. The Balaban J connectivity index is 5.05. The lowest BCUT2D eigenvalue weighted by atomic mass is 10.9. The minimum absolute atomic E-state index is 0.515. The van der Waals surface area contributed by atoms with Gasteiger partial charge in [-0.25, -0.2) is 0 Å². The Morgan fingerprint density at radius 3 is 1.82 bits per heavy atom. The van der Waals surface area contributed by atoms with Crippen molar-refractivity contribution >= 4 is 53.0 Å². The molecule has 0 N–H and O–H groups in total. The molecule has 0 saturated heterocycles. The summed E-state index contributed by atoms with van der Waals surface area (Å²) in [6.45, 7) is 20.3. The van der Waals surface area contributed by atoms with Crippen LogP contribution in [-0.2, 0) is 12.3 Å². The van der Waals surface area contributed by atoms with Gasteiger partial charge in [-0.05, 0) is 56.9 Å². The number of rotatable bonds is 12. The molecule has 0 aromatic heterocycles. The molecule has 0 unspecified atom stereocenters. The van der Waals surface area contributed by atoms with Crippen molar-refractivity contribution in [1.29, 1.82) is 0 Å². The molecule has 0 atom stereocenters. The van der Waals surface area contributed by atoms with Gasteiger partial charge >= 0.3 is 8.56 Å². The van der Waals surface area contributed by atoms with Crippen LogP contribution in [-0.4, -0.2) is 42.3 Å². The summed E-state index contributed by atoms with van der Waals surface area (Å²) >= 11 is 0. The first-order valence-corrected chi connectivity index (χ1v) is 21.9. The zero-order valence-corrected chi connectivity index (χ0v) is 21.8. The Labute approximate surface area is 149 Å². The summed E-state index contributed by atoms with van der Waals surface area (Å²) in [4.78, 5) is 0. The van der Waals surface area contributed by atoms with Crippen LogP contribution < -0.4 is 0 Å². The van der Waals surface area contributed by atoms with E-state index in [-0.39, 0.29) is 0 Å². The van der Waals surface area contributed by atoms with Gasteiger partial charge in [0.05, 0.1) is 0 Å². The normalized spacial score (nSPS) is 13.9. The molecule has 0 aromatic carbocycles. The van der Waals surface area contributed by atoms with Gasteiger partial charge in [0, 0.05) is 0 Å². The molecule has 0 aliphatic carbocycles. The van der Waals surface area contributed by atoms with Gasteiger partial charge in [0.2, 0.25) is 24.7 Å². The van der Waals surface area contributed by atoms with E-state index < -0.39 is 32.5 Å². The fourth-order valence-corrected chi connectivity index (χ4v) is 36.8. The molecule has 0 heterocycles. The predicted molar refractivity (Wildman–Crippen MR) is 111 cm³/mol. The first-order valence-electron chi connectivity index (χ1n) is 8.38. The lowest BCUT2D eigenvalue weighted by Gasteiger charge is -2.40. The van der Waals surface area contributed by atoms with Gasteiger partial charge in [0.1, 0.15) is 0 Å². The SMILES string of the molecule is CC[Si](CC)O[Si](CC)(CC)S[Si](C)(C)O[Si](C)(C)O[Si]C. The summed E-state index contributed by atoms with van der Waals surface area (Å²) in [5.41, 5.74) is 0.